The van der Waals surface area contributed by atoms with E-state index in [1.807, 2.05) is 11.8 Å². The lowest BCUT2D eigenvalue weighted by Crippen LogP contribution is -2.42. The number of fused-ring (bicyclic) bond motifs is 4. The van der Waals surface area contributed by atoms with Gasteiger partial charge in [0.15, 0.2) is 6.23 Å². The normalized spacial score (nSPS) is 46.6. The minimum absolute atomic E-state index is 0.279. The molecule has 3 nitrogen and oxygen atoms in total. The maximum atomic E-state index is 7.68. The van der Waals surface area contributed by atoms with Crippen LogP contribution in [0.3, 0.4) is 0 Å². The van der Waals surface area contributed by atoms with E-state index in [0.29, 0.717) is 41.3 Å². The quantitative estimate of drug-likeness (QED) is 0.763. The first kappa shape index (κ1) is 12.6. The largest absolute Gasteiger partial charge is 0.472 e. The summed E-state index contributed by atoms with van der Waals surface area (Å²) in [7, 11) is 0. The number of ether oxygens (including phenoxy) is 1. The van der Waals surface area contributed by atoms with Crippen LogP contribution in [0.4, 0.5) is 0 Å². The number of allylic oxidation sites excluding steroid dienone is 1. The van der Waals surface area contributed by atoms with Crippen LogP contribution in [0.25, 0.3) is 0 Å². The highest BCUT2D eigenvalue weighted by Crippen LogP contribution is 2.49. The van der Waals surface area contributed by atoms with E-state index in [4.69, 9.17) is 8.85 Å². The molecule has 5 aliphatic rings. The summed E-state index contributed by atoms with van der Waals surface area (Å²) in [6, 6.07) is 0.870. The molecule has 0 aromatic rings. The lowest BCUT2D eigenvalue weighted by atomic mass is 9.76. The molecule has 4 heterocycles. The Kier molecular flexibility index (Phi) is 3.10. The van der Waals surface area contributed by atoms with Crippen LogP contribution in [0.15, 0.2) is 27.3 Å². The van der Waals surface area contributed by atoms with E-state index in [2.05, 4.69) is 23.3 Å². The molecule has 5 unspecified atom stereocenters. The summed E-state index contributed by atoms with van der Waals surface area (Å²) < 4.78 is 29.4. The fraction of sp³-hybridized carbons (Fsp3) is 0.750. The fourth-order valence-corrected chi connectivity index (χ4v) is 6.54. The molecule has 4 aliphatic heterocycles. The van der Waals surface area contributed by atoms with Crippen molar-refractivity contribution in [2.75, 3.05) is 0 Å². The summed E-state index contributed by atoms with van der Waals surface area (Å²) in [6.45, 7) is 0.229. The Balaban J connectivity index is 1.41. The van der Waals surface area contributed by atoms with Gasteiger partial charge < -0.3 is 10.1 Å². The standard InChI is InChI=1S/C20H28N2OS/c1-11-6-7-14-13-4-3-5-15(19(13)23-20(14)21-11)16-8-9-18-17(22-16)10-12(2)24-18/h9,12-14,16-17,20,22H,3-8,10H2,1-2H3/t12?,13?,14?,16-,17?,20?/m1/s1/i1D3. The molecule has 0 radical (unpaired) electrons. The van der Waals surface area contributed by atoms with Gasteiger partial charge in [-0.25, -0.2) is 0 Å². The third-order valence-electron chi connectivity index (χ3n) is 6.37. The van der Waals surface area contributed by atoms with Gasteiger partial charge in [0.05, 0.1) is 0 Å². The Morgan fingerprint density at radius 3 is 3.21 bits per heavy atom. The van der Waals surface area contributed by atoms with E-state index in [-0.39, 0.29) is 6.23 Å². The molecule has 5 rings (SSSR count). The summed E-state index contributed by atoms with van der Waals surface area (Å²) in [5, 5.41) is 4.59. The van der Waals surface area contributed by atoms with E-state index in [0.717, 1.165) is 31.4 Å². The second-order valence-electron chi connectivity index (χ2n) is 7.95. The van der Waals surface area contributed by atoms with Gasteiger partial charge in [-0.1, -0.05) is 13.0 Å². The lowest BCUT2D eigenvalue weighted by Gasteiger charge is -2.33. The van der Waals surface area contributed by atoms with Crippen molar-refractivity contribution in [2.45, 2.75) is 82.3 Å². The predicted octanol–water partition coefficient (Wildman–Crippen LogP) is 4.41. The van der Waals surface area contributed by atoms with Crippen molar-refractivity contribution >= 4 is 17.5 Å². The molecule has 24 heavy (non-hydrogen) atoms. The second kappa shape index (κ2) is 5.91. The first-order valence-electron chi connectivity index (χ1n) is 11.0. The zero-order valence-electron chi connectivity index (χ0n) is 17.3. The number of rotatable bonds is 1. The van der Waals surface area contributed by atoms with Crippen LogP contribution in [0.5, 0.6) is 0 Å². The summed E-state index contributed by atoms with van der Waals surface area (Å²) in [4.78, 5) is 6.06. The van der Waals surface area contributed by atoms with Gasteiger partial charge in [0.25, 0.3) is 0 Å². The minimum Gasteiger partial charge on any atom is -0.472 e. The molecule has 130 valence electrons. The number of thioether (sulfide) groups is 1. The van der Waals surface area contributed by atoms with E-state index in [1.165, 1.54) is 23.3 Å². The van der Waals surface area contributed by atoms with Crippen molar-refractivity contribution in [3.05, 3.63) is 22.3 Å². The van der Waals surface area contributed by atoms with Gasteiger partial charge in [-0.3, -0.25) is 4.99 Å². The molecule has 0 aromatic carbocycles. The average Bonchev–Trinajstić information content (AvgIpc) is 3.18. The SMILES string of the molecule is [2H]C([2H])([2H])C1=NC2OC3=C([C@H]4CC=C5SC(C)CC5N4)CCCC3C2CC1. The van der Waals surface area contributed by atoms with E-state index >= 15 is 0 Å². The number of hydrogen-bond acceptors (Lipinski definition) is 4. The Morgan fingerprint density at radius 2 is 2.29 bits per heavy atom. The van der Waals surface area contributed by atoms with Gasteiger partial charge in [0.2, 0.25) is 0 Å². The summed E-state index contributed by atoms with van der Waals surface area (Å²) in [6.07, 6.45) is 9.34. The molecule has 0 bridgehead atoms. The molecule has 4 heteroatoms. The van der Waals surface area contributed by atoms with Crippen LogP contribution in [-0.4, -0.2) is 29.3 Å². The van der Waals surface area contributed by atoms with Gasteiger partial charge in [-0.2, -0.15) is 0 Å². The van der Waals surface area contributed by atoms with Crippen molar-refractivity contribution in [2.24, 2.45) is 16.8 Å². The molecule has 0 spiro atoms. The smallest absolute Gasteiger partial charge is 0.192 e. The maximum absolute atomic E-state index is 7.68. The predicted molar refractivity (Wildman–Crippen MR) is 100 cm³/mol. The average molecular weight is 348 g/mol. The van der Waals surface area contributed by atoms with Gasteiger partial charge in [0, 0.05) is 39.0 Å². The van der Waals surface area contributed by atoms with Crippen LogP contribution in [0.1, 0.15) is 62.8 Å². The van der Waals surface area contributed by atoms with Crippen molar-refractivity contribution < 1.29 is 8.85 Å². The maximum Gasteiger partial charge on any atom is 0.192 e. The molecular formula is C20H28N2OS. The number of nitrogens with one attached hydrogen (secondary N) is 1. The molecule has 1 N–H and O–H groups in total. The van der Waals surface area contributed by atoms with E-state index < -0.39 is 6.85 Å². The number of hydrogen-bond donors (Lipinski definition) is 1. The van der Waals surface area contributed by atoms with Crippen LogP contribution in [0.2, 0.25) is 0 Å². The molecule has 6 atom stereocenters. The van der Waals surface area contributed by atoms with E-state index in [1.54, 1.807) is 0 Å². The molecule has 2 fully saturated rings. The molecule has 1 aliphatic carbocycles. The van der Waals surface area contributed by atoms with Crippen LogP contribution in [-0.2, 0) is 4.74 Å². The highest BCUT2D eigenvalue weighted by atomic mass is 32.2. The van der Waals surface area contributed by atoms with Gasteiger partial charge in [-0.15, -0.1) is 11.8 Å². The van der Waals surface area contributed by atoms with Crippen molar-refractivity contribution in [3.63, 3.8) is 0 Å². The first-order valence-corrected chi connectivity index (χ1v) is 10.4. The third-order valence-corrected chi connectivity index (χ3v) is 7.69. The van der Waals surface area contributed by atoms with Crippen molar-refractivity contribution in [1.29, 1.82) is 0 Å². The first-order chi connectivity index (χ1) is 12.9. The topological polar surface area (TPSA) is 33.6 Å². The van der Waals surface area contributed by atoms with E-state index in [9.17, 15) is 0 Å². The zero-order chi connectivity index (χ0) is 18.8. The Morgan fingerprint density at radius 1 is 1.33 bits per heavy atom. The molecule has 0 amide bonds. The molecule has 2 saturated heterocycles. The molecular weight excluding hydrogens is 316 g/mol. The van der Waals surface area contributed by atoms with Crippen LogP contribution < -0.4 is 5.32 Å². The lowest BCUT2D eigenvalue weighted by molar-refractivity contribution is 0.127. The van der Waals surface area contributed by atoms with Crippen LogP contribution in [0, 0.1) is 11.8 Å². The van der Waals surface area contributed by atoms with Crippen LogP contribution >= 0.6 is 11.8 Å². The van der Waals surface area contributed by atoms with Gasteiger partial charge in [-0.05, 0) is 62.3 Å². The van der Waals surface area contributed by atoms with Gasteiger partial charge in [0.1, 0.15) is 5.76 Å². The Hall–Kier alpha value is -0.740. The third kappa shape index (κ3) is 2.48. The van der Waals surface area contributed by atoms with Crippen molar-refractivity contribution in [1.82, 2.24) is 5.32 Å². The molecule has 0 saturated carbocycles. The minimum atomic E-state index is -2.08. The number of nitrogens with zero attached hydrogens (tertiary/aromatic N) is 1. The molecule has 0 aromatic heterocycles. The highest BCUT2D eigenvalue weighted by molar-refractivity contribution is 8.04. The van der Waals surface area contributed by atoms with Crippen molar-refractivity contribution in [3.8, 4) is 0 Å². The summed E-state index contributed by atoms with van der Waals surface area (Å²) in [5.74, 6) is 1.95. The Labute approximate surface area is 153 Å². The summed E-state index contributed by atoms with van der Waals surface area (Å²) in [5.41, 5.74) is 1.79. The summed E-state index contributed by atoms with van der Waals surface area (Å²) >= 11 is 2.02. The Bertz CT molecular complexity index is 729. The second-order valence-corrected chi connectivity index (χ2v) is 9.46. The number of aliphatic imine (C=N–C) groups is 1. The van der Waals surface area contributed by atoms with Gasteiger partial charge >= 0.3 is 0 Å². The monoisotopic (exact) mass is 347 g/mol. The highest BCUT2D eigenvalue weighted by Gasteiger charge is 2.46. The zero-order valence-corrected chi connectivity index (χ0v) is 15.1. The fourth-order valence-electron chi connectivity index (χ4n) is 5.26.